The van der Waals surface area contributed by atoms with Gasteiger partial charge in [0, 0.05) is 14.9 Å². The lowest BCUT2D eigenvalue weighted by atomic mass is 9.94. The average Bonchev–Trinajstić information content (AvgIpc) is 2.64. The van der Waals surface area contributed by atoms with Gasteiger partial charge in [-0.2, -0.15) is 26.3 Å². The first-order valence-electron chi connectivity index (χ1n) is 8.29. The molecule has 13 heteroatoms. The molecule has 31 heavy (non-hydrogen) atoms. The van der Waals surface area contributed by atoms with Crippen molar-refractivity contribution < 1.29 is 39.9 Å². The average molecular weight is 537 g/mol. The maximum atomic E-state index is 14.5. The van der Waals surface area contributed by atoms with Gasteiger partial charge < -0.3 is 11.1 Å². The van der Waals surface area contributed by atoms with Gasteiger partial charge in [0.05, 0.1) is 16.9 Å². The van der Waals surface area contributed by atoms with Gasteiger partial charge in [-0.15, -0.1) is 11.8 Å². The van der Waals surface area contributed by atoms with Crippen LogP contribution in [0.4, 0.5) is 46.5 Å². The van der Waals surface area contributed by atoms with Crippen LogP contribution in [0.5, 0.6) is 0 Å². The van der Waals surface area contributed by atoms with Crippen LogP contribution in [-0.4, -0.2) is 24.0 Å². The summed E-state index contributed by atoms with van der Waals surface area (Å²) in [6, 6.07) is 4.16. The highest BCUT2D eigenvalue weighted by atomic mass is 79.9. The zero-order chi connectivity index (χ0) is 23.8. The van der Waals surface area contributed by atoms with Crippen molar-refractivity contribution in [3.63, 3.8) is 0 Å². The third-order valence-electron chi connectivity index (χ3n) is 4.04. The lowest BCUT2D eigenvalue weighted by Crippen LogP contribution is -2.50. The highest BCUT2D eigenvalue weighted by molar-refractivity contribution is 9.10. The number of thioether (sulfide) groups is 1. The SMILES string of the molecule is CCSc1cc(C(F)(C(F)(F)F)C(F)(F)F)cc(Br)c1NC(=O)c1cccc(N)c1F. The highest BCUT2D eigenvalue weighted by Gasteiger charge is 2.73. The number of nitrogens with one attached hydrogen (secondary N) is 1. The molecular formula is C18H13BrF8N2OS. The quantitative estimate of drug-likeness (QED) is 0.250. The number of halogens is 9. The molecule has 0 atom stereocenters. The second kappa shape index (κ2) is 8.85. The van der Waals surface area contributed by atoms with Crippen LogP contribution in [-0.2, 0) is 5.67 Å². The fourth-order valence-electron chi connectivity index (χ4n) is 2.57. The summed E-state index contributed by atoms with van der Waals surface area (Å²) >= 11 is 3.53. The molecule has 3 nitrogen and oxygen atoms in total. The first kappa shape index (κ1) is 25.2. The molecule has 2 rings (SSSR count). The zero-order valence-electron chi connectivity index (χ0n) is 15.4. The van der Waals surface area contributed by atoms with Gasteiger partial charge in [-0.3, -0.25) is 4.79 Å². The van der Waals surface area contributed by atoms with Gasteiger partial charge in [0.25, 0.3) is 5.91 Å². The van der Waals surface area contributed by atoms with Crippen molar-refractivity contribution in [2.24, 2.45) is 0 Å². The van der Waals surface area contributed by atoms with Gasteiger partial charge in [0.1, 0.15) is 0 Å². The Morgan fingerprint density at radius 3 is 2.19 bits per heavy atom. The smallest absolute Gasteiger partial charge is 0.396 e. The largest absolute Gasteiger partial charge is 0.435 e. The predicted octanol–water partition coefficient (Wildman–Crippen LogP) is 6.82. The number of nitrogens with two attached hydrogens (primary N) is 1. The Bertz CT molecular complexity index is 980. The van der Waals surface area contributed by atoms with Crippen LogP contribution in [0.2, 0.25) is 0 Å². The molecule has 0 aliphatic heterocycles. The molecular weight excluding hydrogens is 524 g/mol. The topological polar surface area (TPSA) is 55.1 Å². The van der Waals surface area contributed by atoms with Crippen LogP contribution < -0.4 is 11.1 Å². The number of hydrogen-bond acceptors (Lipinski definition) is 3. The molecule has 0 unspecified atom stereocenters. The summed E-state index contributed by atoms with van der Waals surface area (Å²) in [5.41, 5.74) is -3.08. The van der Waals surface area contributed by atoms with Crippen LogP contribution in [0.3, 0.4) is 0 Å². The number of carbonyl (C=O) groups excluding carboxylic acids is 1. The predicted molar refractivity (Wildman–Crippen MR) is 104 cm³/mol. The molecule has 0 radical (unpaired) electrons. The van der Waals surface area contributed by atoms with E-state index in [0.717, 1.165) is 17.8 Å². The molecule has 0 heterocycles. The van der Waals surface area contributed by atoms with E-state index in [1.807, 2.05) is 0 Å². The number of anilines is 2. The lowest BCUT2D eigenvalue weighted by Gasteiger charge is -2.31. The van der Waals surface area contributed by atoms with E-state index in [-0.39, 0.29) is 28.1 Å². The van der Waals surface area contributed by atoms with E-state index in [0.29, 0.717) is 6.07 Å². The molecule has 2 aromatic carbocycles. The molecule has 0 aliphatic carbocycles. The van der Waals surface area contributed by atoms with Crippen molar-refractivity contribution in [2.45, 2.75) is 29.8 Å². The normalized spacial score (nSPS) is 12.7. The van der Waals surface area contributed by atoms with Gasteiger partial charge in [-0.1, -0.05) is 13.0 Å². The van der Waals surface area contributed by atoms with E-state index < -0.39 is 45.3 Å². The molecule has 0 bridgehead atoms. The van der Waals surface area contributed by atoms with Crippen LogP contribution in [0, 0.1) is 5.82 Å². The fourth-order valence-corrected chi connectivity index (χ4v) is 4.08. The number of nitrogen functional groups attached to an aromatic ring is 1. The molecule has 0 fully saturated rings. The molecule has 3 N–H and O–H groups in total. The Labute approximate surface area is 183 Å². The highest BCUT2D eigenvalue weighted by Crippen LogP contribution is 2.54. The monoisotopic (exact) mass is 536 g/mol. The van der Waals surface area contributed by atoms with Crippen LogP contribution in [0.15, 0.2) is 39.7 Å². The van der Waals surface area contributed by atoms with E-state index in [1.54, 1.807) is 0 Å². The first-order valence-corrected chi connectivity index (χ1v) is 10.1. The summed E-state index contributed by atoms with van der Waals surface area (Å²) in [5.74, 6) is -1.97. The summed E-state index contributed by atoms with van der Waals surface area (Å²) in [6.45, 7) is 1.53. The third-order valence-corrected chi connectivity index (χ3v) is 5.59. The molecule has 0 aromatic heterocycles. The fraction of sp³-hybridized carbons (Fsp3) is 0.278. The second-order valence-corrected chi connectivity index (χ2v) is 8.24. The van der Waals surface area contributed by atoms with Crippen LogP contribution in [0.1, 0.15) is 22.8 Å². The maximum Gasteiger partial charge on any atom is 0.435 e. The molecule has 0 spiro atoms. The van der Waals surface area contributed by atoms with E-state index in [2.05, 4.69) is 21.2 Å². The van der Waals surface area contributed by atoms with Crippen molar-refractivity contribution in [1.29, 1.82) is 0 Å². The number of carbonyl (C=O) groups is 1. The van der Waals surface area contributed by atoms with Crippen LogP contribution in [0.25, 0.3) is 0 Å². The Hall–Kier alpha value is -2.02. The minimum atomic E-state index is -6.30. The lowest BCUT2D eigenvalue weighted by molar-refractivity contribution is -0.348. The standard InChI is InChI=1S/C18H13BrF8N2OS/c1-2-31-12-7-8(16(21,17(22,23)24)18(25,26)27)6-10(19)14(12)29-15(30)9-4-3-5-11(28)13(9)20/h3-7H,2,28H2,1H3,(H,29,30). The van der Waals surface area contributed by atoms with Crippen molar-refractivity contribution in [1.82, 2.24) is 0 Å². The molecule has 0 saturated carbocycles. The van der Waals surface area contributed by atoms with E-state index in [9.17, 15) is 39.9 Å². The Morgan fingerprint density at radius 1 is 1.10 bits per heavy atom. The maximum absolute atomic E-state index is 14.5. The molecule has 0 saturated heterocycles. The van der Waals surface area contributed by atoms with Gasteiger partial charge in [0.15, 0.2) is 5.82 Å². The van der Waals surface area contributed by atoms with Gasteiger partial charge in [0.2, 0.25) is 0 Å². The summed E-state index contributed by atoms with van der Waals surface area (Å²) in [6.07, 6.45) is -12.6. The van der Waals surface area contributed by atoms with E-state index in [1.165, 1.54) is 19.1 Å². The Balaban J connectivity index is 2.62. The first-order chi connectivity index (χ1) is 14.1. The zero-order valence-corrected chi connectivity index (χ0v) is 17.8. The van der Waals surface area contributed by atoms with Crippen molar-refractivity contribution in [3.05, 3.63) is 51.7 Å². The number of amides is 1. The van der Waals surface area contributed by atoms with Gasteiger partial charge in [-0.05, 0) is 45.9 Å². The summed E-state index contributed by atoms with van der Waals surface area (Å²) < 4.78 is 107. The molecule has 2 aromatic rings. The summed E-state index contributed by atoms with van der Waals surface area (Å²) in [5, 5.41) is 2.22. The number of rotatable bonds is 5. The minimum absolute atomic E-state index is 0.155. The Kier molecular flexibility index (Phi) is 7.20. The van der Waals surface area contributed by atoms with Crippen molar-refractivity contribution in [3.8, 4) is 0 Å². The van der Waals surface area contributed by atoms with E-state index >= 15 is 0 Å². The van der Waals surface area contributed by atoms with Gasteiger partial charge in [-0.25, -0.2) is 8.78 Å². The third kappa shape index (κ3) is 4.76. The molecule has 170 valence electrons. The number of hydrogen-bond donors (Lipinski definition) is 2. The summed E-state index contributed by atoms with van der Waals surface area (Å²) in [4.78, 5) is 12.1. The van der Waals surface area contributed by atoms with Crippen LogP contribution >= 0.6 is 27.7 Å². The van der Waals surface area contributed by atoms with Gasteiger partial charge >= 0.3 is 18.0 Å². The summed E-state index contributed by atoms with van der Waals surface area (Å²) in [7, 11) is 0. The van der Waals surface area contributed by atoms with Crippen molar-refractivity contribution in [2.75, 3.05) is 16.8 Å². The van der Waals surface area contributed by atoms with Crippen molar-refractivity contribution >= 4 is 45.0 Å². The molecule has 1 amide bonds. The van der Waals surface area contributed by atoms with E-state index in [4.69, 9.17) is 5.73 Å². The number of benzene rings is 2. The minimum Gasteiger partial charge on any atom is -0.396 e. The second-order valence-electron chi connectivity index (χ2n) is 6.08. The number of alkyl halides is 7. The molecule has 0 aliphatic rings. The Morgan fingerprint density at radius 2 is 1.68 bits per heavy atom.